The lowest BCUT2D eigenvalue weighted by Crippen LogP contribution is -2.35. The second kappa shape index (κ2) is 10.2. The Labute approximate surface area is 181 Å². The molecule has 2 unspecified atom stereocenters. The van der Waals surface area contributed by atoms with Gasteiger partial charge in [-0.15, -0.1) is 0 Å². The fourth-order valence-corrected chi connectivity index (χ4v) is 5.04. The largest absolute Gasteiger partial charge is 0.349 e. The van der Waals surface area contributed by atoms with E-state index in [-0.39, 0.29) is 11.9 Å². The van der Waals surface area contributed by atoms with Crippen molar-refractivity contribution in [1.82, 2.24) is 15.1 Å². The molecule has 2 aliphatic rings. The Kier molecular flexibility index (Phi) is 7.19. The highest BCUT2D eigenvalue weighted by molar-refractivity contribution is 5.76. The standard InChI is InChI=1S/C26H35N3O/c1-28(18-22-14-17-29(20-22)19-21-8-3-2-4-9-21)16-15-26(30)27-25-13-7-11-23-10-5-6-12-24(23)25/h2-6,8-10,12,22,25H,7,11,13-20H2,1H3,(H,27,30). The summed E-state index contributed by atoms with van der Waals surface area (Å²) in [6, 6.07) is 19.5. The van der Waals surface area contributed by atoms with Gasteiger partial charge >= 0.3 is 0 Å². The quantitative estimate of drug-likeness (QED) is 0.720. The minimum absolute atomic E-state index is 0.181. The van der Waals surface area contributed by atoms with Crippen molar-refractivity contribution in [2.24, 2.45) is 5.92 Å². The Balaban J connectivity index is 1.17. The van der Waals surface area contributed by atoms with Gasteiger partial charge in [0.1, 0.15) is 0 Å². The SMILES string of the molecule is CN(CCC(=O)NC1CCCc2ccccc21)CC1CCN(Cc2ccccc2)C1. The Bertz CT molecular complexity index is 822. The first-order valence-corrected chi connectivity index (χ1v) is 11.5. The van der Waals surface area contributed by atoms with Gasteiger partial charge in [0.05, 0.1) is 6.04 Å². The topological polar surface area (TPSA) is 35.6 Å². The number of fused-ring (bicyclic) bond motifs is 1. The van der Waals surface area contributed by atoms with E-state index in [9.17, 15) is 4.79 Å². The number of nitrogens with one attached hydrogen (secondary N) is 1. The molecule has 1 fully saturated rings. The van der Waals surface area contributed by atoms with E-state index in [0.717, 1.165) is 45.4 Å². The van der Waals surface area contributed by atoms with Gasteiger partial charge in [0, 0.05) is 32.6 Å². The van der Waals surface area contributed by atoms with E-state index < -0.39 is 0 Å². The van der Waals surface area contributed by atoms with Crippen molar-refractivity contribution in [1.29, 1.82) is 0 Å². The molecule has 1 heterocycles. The van der Waals surface area contributed by atoms with Crippen LogP contribution >= 0.6 is 0 Å². The van der Waals surface area contributed by atoms with Gasteiger partial charge in [0.15, 0.2) is 0 Å². The number of carbonyl (C=O) groups is 1. The van der Waals surface area contributed by atoms with E-state index in [4.69, 9.17) is 0 Å². The van der Waals surface area contributed by atoms with Crippen molar-refractivity contribution in [3.05, 3.63) is 71.3 Å². The van der Waals surface area contributed by atoms with Crippen molar-refractivity contribution >= 4 is 5.91 Å². The average molecular weight is 406 g/mol. The number of hydrogen-bond acceptors (Lipinski definition) is 3. The normalized spacial score (nSPS) is 21.5. The van der Waals surface area contributed by atoms with Gasteiger partial charge in [0.25, 0.3) is 0 Å². The van der Waals surface area contributed by atoms with Gasteiger partial charge in [-0.1, -0.05) is 54.6 Å². The third kappa shape index (κ3) is 5.71. The van der Waals surface area contributed by atoms with Crippen LogP contribution in [-0.4, -0.2) is 48.9 Å². The fourth-order valence-electron chi connectivity index (χ4n) is 5.04. The Morgan fingerprint density at radius 1 is 1.10 bits per heavy atom. The molecule has 0 spiro atoms. The molecule has 160 valence electrons. The summed E-state index contributed by atoms with van der Waals surface area (Å²) < 4.78 is 0. The number of carbonyl (C=O) groups excluding carboxylic acids is 1. The molecule has 1 N–H and O–H groups in total. The average Bonchev–Trinajstić information content (AvgIpc) is 3.20. The molecule has 30 heavy (non-hydrogen) atoms. The molecule has 4 heteroatoms. The van der Waals surface area contributed by atoms with E-state index in [1.807, 2.05) is 0 Å². The zero-order chi connectivity index (χ0) is 20.8. The van der Waals surface area contributed by atoms with Crippen molar-refractivity contribution in [3.8, 4) is 0 Å². The zero-order valence-corrected chi connectivity index (χ0v) is 18.2. The first kappa shape index (κ1) is 21.1. The highest BCUT2D eigenvalue weighted by Crippen LogP contribution is 2.29. The van der Waals surface area contributed by atoms with Crippen LogP contribution < -0.4 is 5.32 Å². The Morgan fingerprint density at radius 2 is 1.90 bits per heavy atom. The van der Waals surface area contributed by atoms with E-state index in [2.05, 4.69) is 76.8 Å². The van der Waals surface area contributed by atoms with E-state index in [1.165, 1.54) is 29.7 Å². The first-order chi connectivity index (χ1) is 14.7. The van der Waals surface area contributed by atoms with Crippen LogP contribution in [0, 0.1) is 5.92 Å². The molecule has 1 aliphatic heterocycles. The summed E-state index contributed by atoms with van der Waals surface area (Å²) in [4.78, 5) is 17.5. The molecular formula is C26H35N3O. The molecule has 2 aromatic rings. The molecule has 4 nitrogen and oxygen atoms in total. The van der Waals surface area contributed by atoms with E-state index >= 15 is 0 Å². The summed E-state index contributed by atoms with van der Waals surface area (Å²) in [5, 5.41) is 3.28. The lowest BCUT2D eigenvalue weighted by Gasteiger charge is -2.27. The Morgan fingerprint density at radius 3 is 2.77 bits per heavy atom. The van der Waals surface area contributed by atoms with Crippen LogP contribution in [0.25, 0.3) is 0 Å². The number of benzene rings is 2. The van der Waals surface area contributed by atoms with Crippen molar-refractivity contribution < 1.29 is 4.79 Å². The highest BCUT2D eigenvalue weighted by Gasteiger charge is 2.24. The molecule has 2 atom stereocenters. The number of likely N-dealkylation sites (tertiary alicyclic amines) is 1. The third-order valence-electron chi connectivity index (χ3n) is 6.61. The van der Waals surface area contributed by atoms with Gasteiger partial charge in [-0.25, -0.2) is 0 Å². The minimum Gasteiger partial charge on any atom is -0.349 e. The van der Waals surface area contributed by atoms with Crippen LogP contribution in [0.1, 0.15) is 48.4 Å². The summed E-state index contributed by atoms with van der Waals surface area (Å²) >= 11 is 0. The van der Waals surface area contributed by atoms with Crippen LogP contribution in [-0.2, 0) is 17.8 Å². The first-order valence-electron chi connectivity index (χ1n) is 11.5. The minimum atomic E-state index is 0.181. The highest BCUT2D eigenvalue weighted by atomic mass is 16.1. The summed E-state index contributed by atoms with van der Waals surface area (Å²) in [6.07, 6.45) is 5.17. The second-order valence-electron chi connectivity index (χ2n) is 9.10. The summed E-state index contributed by atoms with van der Waals surface area (Å²) in [7, 11) is 2.16. The summed E-state index contributed by atoms with van der Waals surface area (Å²) in [5.41, 5.74) is 4.11. The predicted molar refractivity (Wildman–Crippen MR) is 122 cm³/mol. The maximum Gasteiger partial charge on any atom is 0.221 e. The smallest absolute Gasteiger partial charge is 0.221 e. The number of nitrogens with zero attached hydrogens (tertiary/aromatic N) is 2. The predicted octanol–water partition coefficient (Wildman–Crippen LogP) is 4.02. The van der Waals surface area contributed by atoms with Crippen LogP contribution in [0.3, 0.4) is 0 Å². The van der Waals surface area contributed by atoms with Crippen molar-refractivity contribution in [2.45, 2.75) is 44.7 Å². The van der Waals surface area contributed by atoms with Crippen LogP contribution in [0.5, 0.6) is 0 Å². The lowest BCUT2D eigenvalue weighted by atomic mass is 9.87. The van der Waals surface area contributed by atoms with Crippen LogP contribution in [0.15, 0.2) is 54.6 Å². The fraction of sp³-hybridized carbons (Fsp3) is 0.500. The monoisotopic (exact) mass is 405 g/mol. The molecular weight excluding hydrogens is 370 g/mol. The second-order valence-corrected chi connectivity index (χ2v) is 9.10. The molecule has 0 bridgehead atoms. The molecule has 1 aliphatic carbocycles. The third-order valence-corrected chi connectivity index (χ3v) is 6.61. The van der Waals surface area contributed by atoms with Gasteiger partial charge in [0.2, 0.25) is 5.91 Å². The molecule has 0 radical (unpaired) electrons. The molecule has 0 aromatic heterocycles. The lowest BCUT2D eigenvalue weighted by molar-refractivity contribution is -0.122. The van der Waals surface area contributed by atoms with Crippen LogP contribution in [0.2, 0.25) is 0 Å². The van der Waals surface area contributed by atoms with Crippen LogP contribution in [0.4, 0.5) is 0 Å². The van der Waals surface area contributed by atoms with Gasteiger partial charge < -0.3 is 10.2 Å². The molecule has 4 rings (SSSR count). The van der Waals surface area contributed by atoms with Gasteiger partial charge in [-0.3, -0.25) is 9.69 Å². The number of aryl methyl sites for hydroxylation is 1. The van der Waals surface area contributed by atoms with Gasteiger partial charge in [-0.05, 0) is 61.9 Å². The van der Waals surface area contributed by atoms with E-state index in [0.29, 0.717) is 12.3 Å². The van der Waals surface area contributed by atoms with Gasteiger partial charge in [-0.2, -0.15) is 0 Å². The zero-order valence-electron chi connectivity index (χ0n) is 18.2. The summed E-state index contributed by atoms with van der Waals surface area (Å²) in [6.45, 7) is 5.28. The molecule has 1 saturated heterocycles. The summed E-state index contributed by atoms with van der Waals surface area (Å²) in [5.74, 6) is 0.882. The molecule has 2 aromatic carbocycles. The maximum absolute atomic E-state index is 12.6. The van der Waals surface area contributed by atoms with Crippen molar-refractivity contribution in [3.63, 3.8) is 0 Å². The number of amides is 1. The number of rotatable bonds is 8. The molecule has 1 amide bonds. The number of hydrogen-bond donors (Lipinski definition) is 1. The maximum atomic E-state index is 12.6. The molecule has 0 saturated carbocycles. The Hall–Kier alpha value is -2.17. The van der Waals surface area contributed by atoms with Crippen molar-refractivity contribution in [2.75, 3.05) is 33.2 Å². The van der Waals surface area contributed by atoms with E-state index in [1.54, 1.807) is 0 Å².